The number of hydrogen-bond acceptors (Lipinski definition) is 6. The molecule has 152 valence electrons. The summed E-state index contributed by atoms with van der Waals surface area (Å²) < 4.78 is 6.30. The van der Waals surface area contributed by atoms with E-state index >= 15 is 0 Å². The number of rotatable bonds is 7. The van der Waals surface area contributed by atoms with E-state index in [2.05, 4.69) is 55.7 Å². The minimum Gasteiger partial charge on any atom is -0.462 e. The number of ether oxygens (including phenoxy) is 1. The van der Waals surface area contributed by atoms with Gasteiger partial charge in [-0.05, 0) is 48.4 Å². The predicted molar refractivity (Wildman–Crippen MR) is 125 cm³/mol. The lowest BCUT2D eigenvalue weighted by atomic mass is 10.1. The molecule has 0 aliphatic rings. The molecule has 7 heteroatoms. The van der Waals surface area contributed by atoms with Crippen LogP contribution in [0, 0.1) is 0 Å². The normalized spacial score (nSPS) is 10.9. The van der Waals surface area contributed by atoms with E-state index in [0.29, 0.717) is 12.2 Å². The largest absolute Gasteiger partial charge is 0.462 e. The maximum Gasteiger partial charge on any atom is 0.338 e. The Kier molecular flexibility index (Phi) is 6.40. The summed E-state index contributed by atoms with van der Waals surface area (Å²) in [7, 11) is 0. The Morgan fingerprint density at radius 2 is 1.87 bits per heavy atom. The third-order valence-corrected chi connectivity index (χ3v) is 6.05. The molecule has 4 aromatic rings. The van der Waals surface area contributed by atoms with Crippen LogP contribution in [0.1, 0.15) is 30.1 Å². The summed E-state index contributed by atoms with van der Waals surface area (Å²) in [6, 6.07) is 15.4. The molecule has 0 bridgehead atoms. The van der Waals surface area contributed by atoms with Gasteiger partial charge in [0, 0.05) is 21.1 Å². The van der Waals surface area contributed by atoms with E-state index in [0.717, 1.165) is 50.2 Å². The molecular formula is C23H20BrN3O2S. The molecule has 0 amide bonds. The molecule has 4 rings (SSSR count). The lowest BCUT2D eigenvalue weighted by Gasteiger charge is -2.09. The predicted octanol–water partition coefficient (Wildman–Crippen LogP) is 6.82. The van der Waals surface area contributed by atoms with Crippen LogP contribution in [-0.4, -0.2) is 22.5 Å². The SMILES string of the molecule is CCCCOC(=O)c1ccc(Nc2ncnc3scc(-c4ccc(Br)cc4)c23)cc1. The van der Waals surface area contributed by atoms with E-state index < -0.39 is 0 Å². The van der Waals surface area contributed by atoms with Crippen molar-refractivity contribution in [1.82, 2.24) is 9.97 Å². The second-order valence-corrected chi connectivity index (χ2v) is 8.52. The Balaban J connectivity index is 1.59. The molecule has 0 radical (unpaired) electrons. The summed E-state index contributed by atoms with van der Waals surface area (Å²) in [5.74, 6) is 0.437. The summed E-state index contributed by atoms with van der Waals surface area (Å²) in [6.45, 7) is 2.51. The first-order chi connectivity index (χ1) is 14.7. The fourth-order valence-electron chi connectivity index (χ4n) is 3.03. The number of nitrogens with zero attached hydrogens (tertiary/aromatic N) is 2. The number of carbonyl (C=O) groups is 1. The number of benzene rings is 2. The fraction of sp³-hybridized carbons (Fsp3) is 0.174. The van der Waals surface area contributed by atoms with Gasteiger partial charge >= 0.3 is 5.97 Å². The van der Waals surface area contributed by atoms with Crippen molar-refractivity contribution in [1.29, 1.82) is 0 Å². The van der Waals surface area contributed by atoms with Crippen molar-refractivity contribution in [2.45, 2.75) is 19.8 Å². The van der Waals surface area contributed by atoms with Gasteiger partial charge in [0.15, 0.2) is 0 Å². The number of thiophene rings is 1. The number of aromatic nitrogens is 2. The number of carbonyl (C=O) groups excluding carboxylic acids is 1. The van der Waals surface area contributed by atoms with E-state index in [1.54, 1.807) is 29.8 Å². The van der Waals surface area contributed by atoms with Crippen molar-refractivity contribution >= 4 is 55.0 Å². The van der Waals surface area contributed by atoms with Crippen LogP contribution in [0.4, 0.5) is 11.5 Å². The van der Waals surface area contributed by atoms with Gasteiger partial charge in [-0.25, -0.2) is 14.8 Å². The second-order valence-electron chi connectivity index (χ2n) is 6.75. The topological polar surface area (TPSA) is 64.1 Å². The van der Waals surface area contributed by atoms with Crippen LogP contribution in [-0.2, 0) is 4.74 Å². The molecule has 30 heavy (non-hydrogen) atoms. The van der Waals surface area contributed by atoms with Gasteiger partial charge in [0.05, 0.1) is 17.6 Å². The van der Waals surface area contributed by atoms with Gasteiger partial charge in [-0.2, -0.15) is 0 Å². The maximum absolute atomic E-state index is 12.1. The minimum absolute atomic E-state index is 0.296. The van der Waals surface area contributed by atoms with Gasteiger partial charge in [0.25, 0.3) is 0 Å². The highest BCUT2D eigenvalue weighted by molar-refractivity contribution is 9.10. The number of fused-ring (bicyclic) bond motifs is 1. The van der Waals surface area contributed by atoms with Crippen molar-refractivity contribution in [3.63, 3.8) is 0 Å². The monoisotopic (exact) mass is 481 g/mol. The van der Waals surface area contributed by atoms with Crippen LogP contribution in [0.5, 0.6) is 0 Å². The van der Waals surface area contributed by atoms with Crippen molar-refractivity contribution in [3.8, 4) is 11.1 Å². The van der Waals surface area contributed by atoms with Crippen LogP contribution in [0.2, 0.25) is 0 Å². The van der Waals surface area contributed by atoms with Gasteiger partial charge in [-0.1, -0.05) is 41.4 Å². The van der Waals surface area contributed by atoms with Crippen molar-refractivity contribution in [2.75, 3.05) is 11.9 Å². The van der Waals surface area contributed by atoms with Gasteiger partial charge in [0.2, 0.25) is 0 Å². The van der Waals surface area contributed by atoms with Gasteiger partial charge in [0.1, 0.15) is 17.0 Å². The molecule has 5 nitrogen and oxygen atoms in total. The third kappa shape index (κ3) is 4.52. The Hall–Kier alpha value is -2.77. The Bertz CT molecular complexity index is 1160. The van der Waals surface area contributed by atoms with Crippen molar-refractivity contribution < 1.29 is 9.53 Å². The zero-order valence-electron chi connectivity index (χ0n) is 16.4. The van der Waals surface area contributed by atoms with E-state index in [1.165, 1.54) is 0 Å². The second kappa shape index (κ2) is 9.36. The van der Waals surface area contributed by atoms with Crippen LogP contribution in [0.15, 0.2) is 64.7 Å². The van der Waals surface area contributed by atoms with Crippen LogP contribution < -0.4 is 5.32 Å². The summed E-state index contributed by atoms with van der Waals surface area (Å²) in [5.41, 5.74) is 3.57. The molecule has 1 N–H and O–H groups in total. The van der Waals surface area contributed by atoms with E-state index in [-0.39, 0.29) is 5.97 Å². The zero-order valence-corrected chi connectivity index (χ0v) is 18.8. The van der Waals surface area contributed by atoms with Crippen molar-refractivity contribution in [2.24, 2.45) is 0 Å². The lowest BCUT2D eigenvalue weighted by molar-refractivity contribution is 0.0500. The average molecular weight is 482 g/mol. The van der Waals surface area contributed by atoms with Crippen LogP contribution >= 0.6 is 27.3 Å². The molecule has 0 aliphatic heterocycles. The number of anilines is 2. The summed E-state index contributed by atoms with van der Waals surface area (Å²) in [4.78, 5) is 21.9. The molecule has 2 heterocycles. The highest BCUT2D eigenvalue weighted by atomic mass is 79.9. The van der Waals surface area contributed by atoms with E-state index in [1.807, 2.05) is 24.3 Å². The number of unbranched alkanes of at least 4 members (excludes halogenated alkanes) is 1. The summed E-state index contributed by atoms with van der Waals surface area (Å²) >= 11 is 5.07. The molecule has 0 fully saturated rings. The van der Waals surface area contributed by atoms with Crippen LogP contribution in [0.25, 0.3) is 21.3 Å². The fourth-order valence-corrected chi connectivity index (χ4v) is 4.21. The molecule has 2 aromatic carbocycles. The lowest BCUT2D eigenvalue weighted by Crippen LogP contribution is -2.06. The molecule has 0 aliphatic carbocycles. The maximum atomic E-state index is 12.1. The third-order valence-electron chi connectivity index (χ3n) is 4.64. The molecule has 0 atom stereocenters. The first-order valence-corrected chi connectivity index (χ1v) is 11.4. The zero-order chi connectivity index (χ0) is 20.9. The number of esters is 1. The smallest absolute Gasteiger partial charge is 0.338 e. The van der Waals surface area contributed by atoms with Gasteiger partial charge in [-0.3, -0.25) is 0 Å². The summed E-state index contributed by atoms with van der Waals surface area (Å²) in [6.07, 6.45) is 3.43. The minimum atomic E-state index is -0.296. The molecule has 0 saturated carbocycles. The first kappa shape index (κ1) is 20.5. The quantitative estimate of drug-likeness (QED) is 0.231. The number of nitrogens with one attached hydrogen (secondary N) is 1. The van der Waals surface area contributed by atoms with Crippen molar-refractivity contribution in [3.05, 3.63) is 70.3 Å². The average Bonchev–Trinajstić information content (AvgIpc) is 3.20. The summed E-state index contributed by atoms with van der Waals surface area (Å²) in [5, 5.41) is 6.45. The molecule has 2 aromatic heterocycles. The standard InChI is InChI=1S/C23H20BrN3O2S/c1-2-3-12-29-23(28)16-6-10-18(11-7-16)27-21-20-19(13-30-22(20)26-14-25-21)15-4-8-17(24)9-5-15/h4-11,13-14H,2-3,12H2,1H3,(H,25,26,27). The van der Waals surface area contributed by atoms with E-state index in [9.17, 15) is 4.79 Å². The number of hydrogen-bond donors (Lipinski definition) is 1. The first-order valence-electron chi connectivity index (χ1n) is 9.68. The Morgan fingerprint density at radius 3 is 2.60 bits per heavy atom. The Morgan fingerprint density at radius 1 is 1.10 bits per heavy atom. The molecule has 0 unspecified atom stereocenters. The molecular weight excluding hydrogens is 462 g/mol. The molecule has 0 saturated heterocycles. The van der Waals surface area contributed by atoms with E-state index in [4.69, 9.17) is 4.74 Å². The number of halogens is 1. The van der Waals surface area contributed by atoms with Gasteiger partial charge < -0.3 is 10.1 Å². The highest BCUT2D eigenvalue weighted by Crippen LogP contribution is 2.37. The Labute approximate surface area is 187 Å². The molecule has 0 spiro atoms. The van der Waals surface area contributed by atoms with Crippen LogP contribution in [0.3, 0.4) is 0 Å². The van der Waals surface area contributed by atoms with Gasteiger partial charge in [-0.15, -0.1) is 11.3 Å². The highest BCUT2D eigenvalue weighted by Gasteiger charge is 2.14.